The van der Waals surface area contributed by atoms with E-state index in [4.69, 9.17) is 0 Å². The highest BCUT2D eigenvalue weighted by Crippen LogP contribution is 2.05. The van der Waals surface area contributed by atoms with Gasteiger partial charge in [0.05, 0.1) is 0 Å². The Kier molecular flexibility index (Phi) is 6.29. The molecule has 0 bridgehead atoms. The van der Waals surface area contributed by atoms with Gasteiger partial charge in [-0.1, -0.05) is 18.7 Å². The lowest BCUT2D eigenvalue weighted by molar-refractivity contribution is 0.603. The van der Waals surface area contributed by atoms with Crippen molar-refractivity contribution in [2.24, 2.45) is 4.99 Å². The van der Waals surface area contributed by atoms with Crippen LogP contribution in [0.1, 0.15) is 20.3 Å². The molecule has 0 amide bonds. The molecule has 0 saturated heterocycles. The molecular weight excluding hydrogens is 148 g/mol. The van der Waals surface area contributed by atoms with E-state index < -0.39 is 0 Å². The van der Waals surface area contributed by atoms with Crippen molar-refractivity contribution in [2.75, 3.05) is 7.05 Å². The average Bonchev–Trinajstić information content (AvgIpc) is 2.11. The van der Waals surface area contributed by atoms with E-state index in [-0.39, 0.29) is 0 Å². The predicted octanol–water partition coefficient (Wildman–Crippen LogP) is 2.14. The van der Waals surface area contributed by atoms with Gasteiger partial charge in [0.15, 0.2) is 0 Å². The SMILES string of the molecule is C=CC=N/C(=C\C)CC(C)NC. The van der Waals surface area contributed by atoms with Gasteiger partial charge < -0.3 is 5.32 Å². The van der Waals surface area contributed by atoms with E-state index in [9.17, 15) is 0 Å². The Balaban J connectivity index is 4.01. The van der Waals surface area contributed by atoms with Crippen LogP contribution in [0.4, 0.5) is 0 Å². The van der Waals surface area contributed by atoms with Gasteiger partial charge in [-0.3, -0.25) is 4.99 Å². The van der Waals surface area contributed by atoms with Gasteiger partial charge in [-0.05, 0) is 20.9 Å². The monoisotopic (exact) mass is 166 g/mol. The Hall–Kier alpha value is -0.890. The van der Waals surface area contributed by atoms with E-state index in [1.165, 1.54) is 0 Å². The molecule has 0 aromatic carbocycles. The maximum Gasteiger partial charge on any atom is 0.0376 e. The standard InChI is InChI=1S/C10H18N2/c1-5-7-12-10(6-2)8-9(3)11-4/h5-7,9,11H,1,8H2,2-4H3/b10-6-,12-7?. The van der Waals surface area contributed by atoms with E-state index in [0.29, 0.717) is 6.04 Å². The maximum atomic E-state index is 4.23. The second-order valence-electron chi connectivity index (χ2n) is 2.69. The molecule has 1 N–H and O–H groups in total. The lowest BCUT2D eigenvalue weighted by atomic mass is 10.2. The predicted molar refractivity (Wildman–Crippen MR) is 55.6 cm³/mol. The molecule has 0 fully saturated rings. The Morgan fingerprint density at radius 1 is 1.67 bits per heavy atom. The van der Waals surface area contributed by atoms with Crippen molar-refractivity contribution in [2.45, 2.75) is 26.3 Å². The van der Waals surface area contributed by atoms with Gasteiger partial charge in [0.1, 0.15) is 0 Å². The van der Waals surface area contributed by atoms with E-state index in [1.807, 2.05) is 20.0 Å². The van der Waals surface area contributed by atoms with Crippen LogP contribution in [0.15, 0.2) is 29.4 Å². The van der Waals surface area contributed by atoms with Crippen molar-refractivity contribution >= 4 is 6.21 Å². The third-order valence-corrected chi connectivity index (χ3v) is 1.69. The molecule has 0 rings (SSSR count). The molecular formula is C10H18N2. The Morgan fingerprint density at radius 2 is 2.33 bits per heavy atom. The van der Waals surface area contributed by atoms with Crippen molar-refractivity contribution in [3.63, 3.8) is 0 Å². The van der Waals surface area contributed by atoms with Crippen LogP contribution in [0.5, 0.6) is 0 Å². The Morgan fingerprint density at radius 3 is 2.75 bits per heavy atom. The van der Waals surface area contributed by atoms with E-state index >= 15 is 0 Å². The smallest absolute Gasteiger partial charge is 0.0376 e. The third kappa shape index (κ3) is 4.85. The van der Waals surface area contributed by atoms with E-state index in [0.717, 1.165) is 12.1 Å². The summed E-state index contributed by atoms with van der Waals surface area (Å²) in [6, 6.07) is 0.471. The summed E-state index contributed by atoms with van der Waals surface area (Å²) in [7, 11) is 1.95. The molecule has 0 aliphatic heterocycles. The summed E-state index contributed by atoms with van der Waals surface area (Å²) in [4.78, 5) is 4.23. The molecule has 1 unspecified atom stereocenters. The molecule has 0 aromatic rings. The number of hydrogen-bond acceptors (Lipinski definition) is 2. The fraction of sp³-hybridized carbons (Fsp3) is 0.500. The van der Waals surface area contributed by atoms with Crippen molar-refractivity contribution < 1.29 is 0 Å². The van der Waals surface area contributed by atoms with Gasteiger partial charge in [-0.25, -0.2) is 0 Å². The molecule has 12 heavy (non-hydrogen) atoms. The highest BCUT2D eigenvalue weighted by Gasteiger charge is 1.99. The first-order valence-electron chi connectivity index (χ1n) is 4.22. The zero-order valence-corrected chi connectivity index (χ0v) is 8.17. The van der Waals surface area contributed by atoms with E-state index in [1.54, 1.807) is 12.3 Å². The summed E-state index contributed by atoms with van der Waals surface area (Å²) >= 11 is 0. The lowest BCUT2D eigenvalue weighted by Crippen LogP contribution is -2.21. The maximum absolute atomic E-state index is 4.23. The summed E-state index contributed by atoms with van der Waals surface area (Å²) in [5, 5.41) is 3.17. The molecule has 68 valence electrons. The minimum absolute atomic E-state index is 0.471. The number of nitrogens with one attached hydrogen (secondary N) is 1. The lowest BCUT2D eigenvalue weighted by Gasteiger charge is -2.09. The molecule has 0 aromatic heterocycles. The molecule has 0 aliphatic carbocycles. The number of hydrogen-bond donors (Lipinski definition) is 1. The van der Waals surface area contributed by atoms with Gasteiger partial charge >= 0.3 is 0 Å². The van der Waals surface area contributed by atoms with Crippen LogP contribution in [-0.4, -0.2) is 19.3 Å². The van der Waals surface area contributed by atoms with Gasteiger partial charge in [-0.2, -0.15) is 0 Å². The van der Waals surface area contributed by atoms with Gasteiger partial charge in [0.25, 0.3) is 0 Å². The zero-order chi connectivity index (χ0) is 9.40. The molecule has 2 heteroatoms. The summed E-state index contributed by atoms with van der Waals surface area (Å²) < 4.78 is 0. The fourth-order valence-corrected chi connectivity index (χ4v) is 0.809. The molecule has 0 aliphatic rings. The molecule has 0 heterocycles. The topological polar surface area (TPSA) is 24.4 Å². The first kappa shape index (κ1) is 11.1. The first-order valence-corrected chi connectivity index (χ1v) is 4.22. The largest absolute Gasteiger partial charge is 0.317 e. The Bertz CT molecular complexity index is 180. The van der Waals surface area contributed by atoms with Crippen molar-refractivity contribution in [3.8, 4) is 0 Å². The first-order chi connectivity index (χ1) is 5.74. The number of allylic oxidation sites excluding steroid dienone is 2. The minimum Gasteiger partial charge on any atom is -0.317 e. The van der Waals surface area contributed by atoms with Crippen molar-refractivity contribution in [1.29, 1.82) is 0 Å². The molecule has 0 saturated carbocycles. The van der Waals surface area contributed by atoms with Crippen LogP contribution in [-0.2, 0) is 0 Å². The van der Waals surface area contributed by atoms with Gasteiger partial charge in [0, 0.05) is 24.4 Å². The number of aliphatic imine (C=N–C) groups is 1. The molecule has 0 spiro atoms. The molecule has 0 radical (unpaired) electrons. The normalized spacial score (nSPS) is 15.1. The third-order valence-electron chi connectivity index (χ3n) is 1.69. The van der Waals surface area contributed by atoms with Crippen molar-refractivity contribution in [1.82, 2.24) is 5.32 Å². The molecule has 1 atom stereocenters. The Labute approximate surface area is 75.1 Å². The molecule has 2 nitrogen and oxygen atoms in total. The quantitative estimate of drug-likeness (QED) is 0.622. The second kappa shape index (κ2) is 6.80. The summed E-state index contributed by atoms with van der Waals surface area (Å²) in [6.45, 7) is 7.70. The number of nitrogens with zero attached hydrogens (tertiary/aromatic N) is 1. The fourth-order valence-electron chi connectivity index (χ4n) is 0.809. The summed E-state index contributed by atoms with van der Waals surface area (Å²) in [6.07, 6.45) is 6.39. The van der Waals surface area contributed by atoms with Crippen LogP contribution in [0.25, 0.3) is 0 Å². The summed E-state index contributed by atoms with van der Waals surface area (Å²) in [5.74, 6) is 0. The zero-order valence-electron chi connectivity index (χ0n) is 8.17. The van der Waals surface area contributed by atoms with Crippen LogP contribution in [0, 0.1) is 0 Å². The number of rotatable bonds is 5. The van der Waals surface area contributed by atoms with Crippen LogP contribution in [0.3, 0.4) is 0 Å². The van der Waals surface area contributed by atoms with Crippen LogP contribution in [0.2, 0.25) is 0 Å². The second-order valence-corrected chi connectivity index (χ2v) is 2.69. The summed E-state index contributed by atoms with van der Waals surface area (Å²) in [5.41, 5.74) is 1.09. The van der Waals surface area contributed by atoms with Gasteiger partial charge in [-0.15, -0.1) is 0 Å². The minimum atomic E-state index is 0.471. The van der Waals surface area contributed by atoms with Gasteiger partial charge in [0.2, 0.25) is 0 Å². The highest BCUT2D eigenvalue weighted by atomic mass is 14.9. The van der Waals surface area contributed by atoms with Crippen LogP contribution < -0.4 is 5.32 Å². The van der Waals surface area contributed by atoms with Crippen LogP contribution >= 0.6 is 0 Å². The average molecular weight is 166 g/mol. The highest BCUT2D eigenvalue weighted by molar-refractivity contribution is 5.71. The van der Waals surface area contributed by atoms with E-state index in [2.05, 4.69) is 23.8 Å². The van der Waals surface area contributed by atoms with Crippen molar-refractivity contribution in [3.05, 3.63) is 24.4 Å².